The Hall–Kier alpha value is -1.88. The van der Waals surface area contributed by atoms with Crippen molar-refractivity contribution in [2.24, 2.45) is 5.73 Å². The Morgan fingerprint density at radius 2 is 2.05 bits per heavy atom. The van der Waals surface area contributed by atoms with Crippen molar-refractivity contribution in [3.63, 3.8) is 0 Å². The summed E-state index contributed by atoms with van der Waals surface area (Å²) in [5.41, 5.74) is 6.74. The minimum absolute atomic E-state index is 0.312. The van der Waals surface area contributed by atoms with Crippen molar-refractivity contribution in [1.82, 2.24) is 9.97 Å². The molecule has 1 fully saturated rings. The zero-order valence-corrected chi connectivity index (χ0v) is 11.0. The van der Waals surface area contributed by atoms with Gasteiger partial charge in [0, 0.05) is 25.3 Å². The van der Waals surface area contributed by atoms with E-state index in [-0.39, 0.29) is 0 Å². The van der Waals surface area contributed by atoms with Crippen molar-refractivity contribution in [1.29, 1.82) is 0 Å². The Bertz CT molecular complexity index is 558. The van der Waals surface area contributed by atoms with Gasteiger partial charge in [-0.15, -0.1) is 0 Å². The van der Waals surface area contributed by atoms with Crippen molar-refractivity contribution in [2.45, 2.75) is 25.8 Å². The van der Waals surface area contributed by atoms with Crippen LogP contribution in [0.5, 0.6) is 0 Å². The number of piperidine rings is 1. The predicted molar refractivity (Wildman–Crippen MR) is 73.9 cm³/mol. The number of nitrogens with two attached hydrogens (primary N) is 1. The number of hydrogen-bond acceptors (Lipinski definition) is 5. The predicted octanol–water partition coefficient (Wildman–Crippen LogP) is 1.97. The zero-order chi connectivity index (χ0) is 13.2. The molecule has 5 heteroatoms. The van der Waals surface area contributed by atoms with Gasteiger partial charge in [0.2, 0.25) is 5.95 Å². The Morgan fingerprint density at radius 1 is 1.26 bits per heavy atom. The molecular formula is C14H18N4O. The highest BCUT2D eigenvalue weighted by molar-refractivity contribution is 5.54. The summed E-state index contributed by atoms with van der Waals surface area (Å²) in [5, 5.41) is 0. The summed E-state index contributed by atoms with van der Waals surface area (Å²) >= 11 is 0. The second-order valence-corrected chi connectivity index (χ2v) is 4.98. The standard InChI is InChI=1S/C14H18N4O/c1-10-2-3-13(19-10)12-4-7-16-14(17-12)18-8-5-11(15)6-9-18/h2-4,7,11H,5-6,8-9,15H2,1H3. The third-order valence-electron chi connectivity index (χ3n) is 3.46. The molecule has 1 aliphatic rings. The van der Waals surface area contributed by atoms with Crippen molar-refractivity contribution in [3.8, 4) is 11.5 Å². The van der Waals surface area contributed by atoms with Gasteiger partial charge in [-0.25, -0.2) is 9.97 Å². The molecule has 1 aliphatic heterocycles. The van der Waals surface area contributed by atoms with E-state index in [1.54, 1.807) is 6.20 Å². The SMILES string of the molecule is Cc1ccc(-c2ccnc(N3CCC(N)CC3)n2)o1. The molecule has 3 heterocycles. The molecular weight excluding hydrogens is 240 g/mol. The second-order valence-electron chi connectivity index (χ2n) is 4.98. The fourth-order valence-electron chi connectivity index (χ4n) is 2.31. The Balaban J connectivity index is 1.84. The monoisotopic (exact) mass is 258 g/mol. The van der Waals surface area contributed by atoms with Gasteiger partial charge in [-0.05, 0) is 38.0 Å². The van der Waals surface area contributed by atoms with Crippen LogP contribution in [0.1, 0.15) is 18.6 Å². The van der Waals surface area contributed by atoms with E-state index in [0.29, 0.717) is 6.04 Å². The highest BCUT2D eigenvalue weighted by atomic mass is 16.3. The minimum Gasteiger partial charge on any atom is -0.460 e. The number of furan rings is 1. The summed E-state index contributed by atoms with van der Waals surface area (Å²) in [5.74, 6) is 2.44. The van der Waals surface area contributed by atoms with Crippen molar-refractivity contribution >= 4 is 5.95 Å². The topological polar surface area (TPSA) is 68.2 Å². The maximum Gasteiger partial charge on any atom is 0.225 e. The van der Waals surface area contributed by atoms with Crippen LogP contribution in [-0.2, 0) is 0 Å². The van der Waals surface area contributed by atoms with Crippen LogP contribution in [0, 0.1) is 6.92 Å². The lowest BCUT2D eigenvalue weighted by Gasteiger charge is -2.30. The molecule has 2 N–H and O–H groups in total. The van der Waals surface area contributed by atoms with E-state index in [4.69, 9.17) is 10.2 Å². The van der Waals surface area contributed by atoms with E-state index in [1.807, 2.05) is 25.1 Å². The minimum atomic E-state index is 0.312. The first-order valence-corrected chi connectivity index (χ1v) is 6.63. The number of aromatic nitrogens is 2. The quantitative estimate of drug-likeness (QED) is 0.892. The molecule has 0 amide bonds. The average Bonchev–Trinajstić information content (AvgIpc) is 2.86. The van der Waals surface area contributed by atoms with Crippen LogP contribution in [0.4, 0.5) is 5.95 Å². The van der Waals surface area contributed by atoms with Crippen LogP contribution in [0.25, 0.3) is 11.5 Å². The van der Waals surface area contributed by atoms with Crippen LogP contribution in [0.15, 0.2) is 28.8 Å². The van der Waals surface area contributed by atoms with Crippen LogP contribution in [-0.4, -0.2) is 29.1 Å². The third kappa shape index (κ3) is 2.61. The van der Waals surface area contributed by atoms with E-state index in [0.717, 1.165) is 49.1 Å². The van der Waals surface area contributed by atoms with E-state index in [1.165, 1.54) is 0 Å². The average molecular weight is 258 g/mol. The number of anilines is 1. The molecule has 2 aromatic rings. The van der Waals surface area contributed by atoms with Gasteiger partial charge in [0.1, 0.15) is 11.5 Å². The van der Waals surface area contributed by atoms with Gasteiger partial charge in [0.05, 0.1) is 0 Å². The molecule has 0 bridgehead atoms. The lowest BCUT2D eigenvalue weighted by molar-refractivity contribution is 0.495. The summed E-state index contributed by atoms with van der Waals surface area (Å²) in [6.45, 7) is 3.77. The van der Waals surface area contributed by atoms with Crippen molar-refractivity contribution in [2.75, 3.05) is 18.0 Å². The molecule has 0 radical (unpaired) electrons. The summed E-state index contributed by atoms with van der Waals surface area (Å²) in [7, 11) is 0. The smallest absolute Gasteiger partial charge is 0.225 e. The maximum absolute atomic E-state index is 5.92. The lowest BCUT2D eigenvalue weighted by atomic mass is 10.1. The molecule has 100 valence electrons. The summed E-state index contributed by atoms with van der Waals surface area (Å²) in [6.07, 6.45) is 3.77. The van der Waals surface area contributed by atoms with Crippen LogP contribution in [0.2, 0.25) is 0 Å². The van der Waals surface area contributed by atoms with E-state index in [9.17, 15) is 0 Å². The lowest BCUT2D eigenvalue weighted by Crippen LogP contribution is -2.40. The number of nitrogens with zero attached hydrogens (tertiary/aromatic N) is 3. The first kappa shape index (κ1) is 12.2. The highest BCUT2D eigenvalue weighted by Gasteiger charge is 2.18. The van der Waals surface area contributed by atoms with Gasteiger partial charge in [-0.1, -0.05) is 0 Å². The number of aryl methyl sites for hydroxylation is 1. The molecule has 1 saturated heterocycles. The Kier molecular flexibility index (Phi) is 3.21. The van der Waals surface area contributed by atoms with Gasteiger partial charge in [0.25, 0.3) is 0 Å². The first-order valence-electron chi connectivity index (χ1n) is 6.63. The Labute approximate surface area is 112 Å². The molecule has 0 saturated carbocycles. The van der Waals surface area contributed by atoms with Crippen LogP contribution >= 0.6 is 0 Å². The molecule has 5 nitrogen and oxygen atoms in total. The Morgan fingerprint density at radius 3 is 2.74 bits per heavy atom. The van der Waals surface area contributed by atoms with E-state index >= 15 is 0 Å². The molecule has 2 aromatic heterocycles. The molecule has 19 heavy (non-hydrogen) atoms. The largest absolute Gasteiger partial charge is 0.460 e. The molecule has 3 rings (SSSR count). The zero-order valence-electron chi connectivity index (χ0n) is 11.0. The molecule has 0 aliphatic carbocycles. The fourth-order valence-corrected chi connectivity index (χ4v) is 2.31. The summed E-state index contributed by atoms with van der Waals surface area (Å²) in [4.78, 5) is 11.1. The molecule has 0 unspecified atom stereocenters. The second kappa shape index (κ2) is 5.01. The highest BCUT2D eigenvalue weighted by Crippen LogP contribution is 2.22. The summed E-state index contributed by atoms with van der Waals surface area (Å²) in [6, 6.07) is 6.06. The first-order chi connectivity index (χ1) is 9.22. The maximum atomic E-state index is 5.92. The van der Waals surface area contributed by atoms with Gasteiger partial charge < -0.3 is 15.1 Å². The summed E-state index contributed by atoms with van der Waals surface area (Å²) < 4.78 is 5.60. The van der Waals surface area contributed by atoms with Gasteiger partial charge in [-0.3, -0.25) is 0 Å². The van der Waals surface area contributed by atoms with Crippen molar-refractivity contribution < 1.29 is 4.42 Å². The van der Waals surface area contributed by atoms with E-state index in [2.05, 4.69) is 14.9 Å². The van der Waals surface area contributed by atoms with Gasteiger partial charge in [-0.2, -0.15) is 0 Å². The number of rotatable bonds is 2. The van der Waals surface area contributed by atoms with Crippen LogP contribution < -0.4 is 10.6 Å². The molecule has 0 atom stereocenters. The normalized spacial score (nSPS) is 16.8. The van der Waals surface area contributed by atoms with Crippen LogP contribution in [0.3, 0.4) is 0 Å². The van der Waals surface area contributed by atoms with Gasteiger partial charge >= 0.3 is 0 Å². The molecule has 0 spiro atoms. The molecule has 0 aromatic carbocycles. The fraction of sp³-hybridized carbons (Fsp3) is 0.429. The van der Waals surface area contributed by atoms with Crippen molar-refractivity contribution in [3.05, 3.63) is 30.2 Å². The third-order valence-corrected chi connectivity index (χ3v) is 3.46. The number of hydrogen-bond donors (Lipinski definition) is 1. The van der Waals surface area contributed by atoms with E-state index < -0.39 is 0 Å². The van der Waals surface area contributed by atoms with Gasteiger partial charge in [0.15, 0.2) is 5.76 Å².